The zero-order valence-corrected chi connectivity index (χ0v) is 13.4. The van der Waals surface area contributed by atoms with E-state index in [-0.39, 0.29) is 11.5 Å². The molecular formula is C16H22F2N4. The van der Waals surface area contributed by atoms with E-state index in [0.717, 1.165) is 18.3 Å². The van der Waals surface area contributed by atoms with Crippen LogP contribution in [0.2, 0.25) is 0 Å². The molecule has 0 spiro atoms. The highest BCUT2D eigenvalue weighted by molar-refractivity contribution is 5.24. The van der Waals surface area contributed by atoms with Gasteiger partial charge in [0.25, 0.3) is 0 Å². The fourth-order valence-corrected chi connectivity index (χ4v) is 2.39. The summed E-state index contributed by atoms with van der Waals surface area (Å²) in [6.07, 6.45) is 0.756. The van der Waals surface area contributed by atoms with E-state index in [4.69, 9.17) is 0 Å². The second-order valence-corrected chi connectivity index (χ2v) is 6.40. The van der Waals surface area contributed by atoms with Gasteiger partial charge in [-0.15, -0.1) is 0 Å². The van der Waals surface area contributed by atoms with Crippen LogP contribution < -0.4 is 5.32 Å². The van der Waals surface area contributed by atoms with Gasteiger partial charge in [-0.25, -0.2) is 13.8 Å². The zero-order valence-electron chi connectivity index (χ0n) is 13.4. The molecule has 0 aliphatic heterocycles. The number of aryl methyl sites for hydroxylation is 1. The van der Waals surface area contributed by atoms with Crippen molar-refractivity contribution in [2.24, 2.45) is 5.41 Å². The maximum atomic E-state index is 14.1. The molecule has 0 saturated carbocycles. The largest absolute Gasteiger partial charge is 0.302 e. The molecule has 6 heteroatoms. The molecule has 0 bridgehead atoms. The molecule has 1 atom stereocenters. The van der Waals surface area contributed by atoms with Crippen molar-refractivity contribution in [2.75, 3.05) is 0 Å². The van der Waals surface area contributed by atoms with Crippen LogP contribution in [0.4, 0.5) is 8.78 Å². The van der Waals surface area contributed by atoms with Crippen LogP contribution >= 0.6 is 0 Å². The van der Waals surface area contributed by atoms with Gasteiger partial charge in [-0.1, -0.05) is 33.8 Å². The Morgan fingerprint density at radius 3 is 2.55 bits per heavy atom. The number of H-pyrrole nitrogens is 1. The fourth-order valence-electron chi connectivity index (χ4n) is 2.39. The minimum absolute atomic E-state index is 0.244. The van der Waals surface area contributed by atoms with Gasteiger partial charge in [-0.2, -0.15) is 5.10 Å². The second kappa shape index (κ2) is 6.52. The lowest BCUT2D eigenvalue weighted by atomic mass is 9.82. The molecule has 1 heterocycles. The van der Waals surface area contributed by atoms with Crippen molar-refractivity contribution in [3.63, 3.8) is 0 Å². The minimum Gasteiger partial charge on any atom is -0.302 e. The Kier molecular flexibility index (Phi) is 4.90. The summed E-state index contributed by atoms with van der Waals surface area (Å²) in [6, 6.07) is 3.41. The van der Waals surface area contributed by atoms with E-state index in [9.17, 15) is 8.78 Å². The Morgan fingerprint density at radius 2 is 2.00 bits per heavy atom. The Labute approximate surface area is 129 Å². The summed E-state index contributed by atoms with van der Waals surface area (Å²) in [5.74, 6) is 0.335. The number of aromatic amines is 1. The highest BCUT2D eigenvalue weighted by Crippen LogP contribution is 2.34. The predicted molar refractivity (Wildman–Crippen MR) is 81.2 cm³/mol. The molecule has 1 aromatic heterocycles. The number of hydrogen-bond donors (Lipinski definition) is 2. The summed E-state index contributed by atoms with van der Waals surface area (Å²) in [7, 11) is 0. The van der Waals surface area contributed by atoms with Gasteiger partial charge in [0.2, 0.25) is 0 Å². The van der Waals surface area contributed by atoms with Crippen molar-refractivity contribution in [2.45, 2.75) is 46.7 Å². The van der Waals surface area contributed by atoms with Crippen molar-refractivity contribution in [3.8, 4) is 0 Å². The monoisotopic (exact) mass is 308 g/mol. The zero-order chi connectivity index (χ0) is 16.3. The van der Waals surface area contributed by atoms with Crippen LogP contribution in [0.15, 0.2) is 18.2 Å². The minimum atomic E-state index is -0.572. The third-order valence-corrected chi connectivity index (χ3v) is 3.51. The molecule has 22 heavy (non-hydrogen) atoms. The van der Waals surface area contributed by atoms with E-state index < -0.39 is 11.6 Å². The Balaban J connectivity index is 2.20. The third kappa shape index (κ3) is 3.88. The Bertz CT molecular complexity index is 631. The summed E-state index contributed by atoms with van der Waals surface area (Å²) in [6.45, 7) is 8.43. The van der Waals surface area contributed by atoms with Gasteiger partial charge >= 0.3 is 0 Å². The molecule has 0 aliphatic rings. The molecule has 2 N–H and O–H groups in total. The van der Waals surface area contributed by atoms with E-state index in [1.807, 2.05) is 27.7 Å². The average Bonchev–Trinajstić information content (AvgIpc) is 2.87. The molecule has 120 valence electrons. The number of rotatable bonds is 5. The summed E-state index contributed by atoms with van der Waals surface area (Å²) in [4.78, 5) is 4.33. The summed E-state index contributed by atoms with van der Waals surface area (Å²) in [5.41, 5.74) is 0.204. The third-order valence-electron chi connectivity index (χ3n) is 3.51. The molecule has 0 radical (unpaired) electrons. The van der Waals surface area contributed by atoms with Crippen molar-refractivity contribution >= 4 is 0 Å². The lowest BCUT2D eigenvalue weighted by Gasteiger charge is -2.32. The van der Waals surface area contributed by atoms with Gasteiger partial charge in [-0.3, -0.25) is 5.10 Å². The molecule has 1 aromatic carbocycles. The van der Waals surface area contributed by atoms with Crippen molar-refractivity contribution in [3.05, 3.63) is 47.0 Å². The number of benzene rings is 1. The second-order valence-electron chi connectivity index (χ2n) is 6.40. The smallest absolute Gasteiger partial charge is 0.150 e. The molecule has 4 nitrogen and oxygen atoms in total. The Morgan fingerprint density at radius 1 is 1.27 bits per heavy atom. The van der Waals surface area contributed by atoms with Gasteiger partial charge in [0.1, 0.15) is 23.3 Å². The van der Waals surface area contributed by atoms with Crippen molar-refractivity contribution < 1.29 is 8.78 Å². The summed E-state index contributed by atoms with van der Waals surface area (Å²) < 4.78 is 27.2. The number of nitrogens with zero attached hydrogens (tertiary/aromatic N) is 2. The van der Waals surface area contributed by atoms with E-state index in [1.165, 1.54) is 12.1 Å². The van der Waals surface area contributed by atoms with Crippen LogP contribution in [0.25, 0.3) is 0 Å². The van der Waals surface area contributed by atoms with Crippen LogP contribution in [0.1, 0.15) is 50.9 Å². The average molecular weight is 308 g/mol. The summed E-state index contributed by atoms with van der Waals surface area (Å²) in [5, 5.41) is 10.2. The standard InChI is InChI=1S/C16H22F2N4/c1-5-13-20-14(22-21-13)9-19-15(16(2,3)4)11-7-6-10(17)8-12(11)18/h6-8,15,19H,5,9H2,1-4H3,(H,20,21,22). The predicted octanol–water partition coefficient (Wildman–Crippen LogP) is 3.52. The van der Waals surface area contributed by atoms with E-state index in [0.29, 0.717) is 17.9 Å². The normalized spacial score (nSPS) is 13.4. The van der Waals surface area contributed by atoms with Gasteiger partial charge in [0.15, 0.2) is 0 Å². The van der Waals surface area contributed by atoms with Crippen LogP contribution in [-0.4, -0.2) is 15.2 Å². The molecule has 2 rings (SSSR count). The highest BCUT2D eigenvalue weighted by Gasteiger charge is 2.28. The van der Waals surface area contributed by atoms with Gasteiger partial charge in [-0.05, 0) is 11.5 Å². The number of halogens is 2. The quantitative estimate of drug-likeness (QED) is 0.888. The highest BCUT2D eigenvalue weighted by atomic mass is 19.1. The molecular weight excluding hydrogens is 286 g/mol. The van der Waals surface area contributed by atoms with E-state index >= 15 is 0 Å². The van der Waals surface area contributed by atoms with Gasteiger partial charge in [0.05, 0.1) is 6.54 Å². The van der Waals surface area contributed by atoms with Crippen LogP contribution in [0.5, 0.6) is 0 Å². The van der Waals surface area contributed by atoms with Gasteiger partial charge in [0, 0.05) is 24.1 Å². The molecule has 2 aromatic rings. The van der Waals surface area contributed by atoms with Crippen LogP contribution in [-0.2, 0) is 13.0 Å². The first kappa shape index (κ1) is 16.5. The van der Waals surface area contributed by atoms with E-state index in [1.54, 1.807) is 0 Å². The summed E-state index contributed by atoms with van der Waals surface area (Å²) >= 11 is 0. The molecule has 0 amide bonds. The molecule has 0 saturated heterocycles. The van der Waals surface area contributed by atoms with Crippen molar-refractivity contribution in [1.29, 1.82) is 0 Å². The Hall–Kier alpha value is -1.82. The number of hydrogen-bond acceptors (Lipinski definition) is 3. The first-order chi connectivity index (χ1) is 10.3. The maximum absolute atomic E-state index is 14.1. The first-order valence-corrected chi connectivity index (χ1v) is 7.39. The maximum Gasteiger partial charge on any atom is 0.150 e. The molecule has 0 aliphatic carbocycles. The van der Waals surface area contributed by atoms with Crippen LogP contribution in [0.3, 0.4) is 0 Å². The molecule has 1 unspecified atom stereocenters. The van der Waals surface area contributed by atoms with Gasteiger partial charge < -0.3 is 5.32 Å². The van der Waals surface area contributed by atoms with Crippen molar-refractivity contribution in [1.82, 2.24) is 20.5 Å². The van der Waals surface area contributed by atoms with E-state index in [2.05, 4.69) is 20.5 Å². The SMILES string of the molecule is CCc1n[nH]c(CNC(c2ccc(F)cc2F)C(C)(C)C)n1. The topological polar surface area (TPSA) is 53.6 Å². The number of aromatic nitrogens is 3. The lowest BCUT2D eigenvalue weighted by molar-refractivity contribution is 0.262. The first-order valence-electron chi connectivity index (χ1n) is 7.39. The van der Waals surface area contributed by atoms with Crippen LogP contribution in [0, 0.1) is 17.0 Å². The molecule has 0 fully saturated rings. The lowest BCUT2D eigenvalue weighted by Crippen LogP contribution is -2.33. The number of nitrogens with one attached hydrogen (secondary N) is 2. The fraction of sp³-hybridized carbons (Fsp3) is 0.500.